The molecule has 0 aliphatic heterocycles. The topological polar surface area (TPSA) is 48.1 Å². The predicted molar refractivity (Wildman–Crippen MR) is 93.4 cm³/mol. The highest BCUT2D eigenvalue weighted by atomic mass is 16.5. The van der Waals surface area contributed by atoms with Crippen molar-refractivity contribution < 1.29 is 4.74 Å². The summed E-state index contributed by atoms with van der Waals surface area (Å²) in [6, 6.07) is 7.89. The molecule has 0 amide bonds. The van der Waals surface area contributed by atoms with Gasteiger partial charge in [-0.05, 0) is 19.2 Å². The van der Waals surface area contributed by atoms with Crippen molar-refractivity contribution in [3.63, 3.8) is 0 Å². The first kappa shape index (κ1) is 16.3. The molecular weight excluding hydrogens is 302 g/mol. The van der Waals surface area contributed by atoms with Crippen molar-refractivity contribution in [1.82, 2.24) is 24.2 Å². The van der Waals surface area contributed by atoms with E-state index in [-0.39, 0.29) is 0 Å². The number of likely N-dealkylation sites (N-methyl/N-ethyl adjacent to an activating group) is 1. The molecule has 0 aliphatic rings. The van der Waals surface area contributed by atoms with E-state index < -0.39 is 0 Å². The molecule has 0 spiro atoms. The van der Waals surface area contributed by atoms with Crippen molar-refractivity contribution in [3.8, 4) is 11.4 Å². The quantitative estimate of drug-likeness (QED) is 0.669. The second-order valence-corrected chi connectivity index (χ2v) is 5.94. The number of aryl methyl sites for hydroxylation is 1. The molecule has 0 fully saturated rings. The maximum Gasteiger partial charge on any atom is 0.121 e. The lowest BCUT2D eigenvalue weighted by Gasteiger charge is -2.15. The van der Waals surface area contributed by atoms with Crippen LogP contribution in [0.1, 0.15) is 11.4 Å². The first-order valence-electron chi connectivity index (χ1n) is 7.98. The van der Waals surface area contributed by atoms with Gasteiger partial charge in [0.25, 0.3) is 0 Å². The van der Waals surface area contributed by atoms with Gasteiger partial charge in [-0.25, -0.2) is 9.67 Å². The zero-order valence-corrected chi connectivity index (χ0v) is 14.4. The Morgan fingerprint density at radius 1 is 1.29 bits per heavy atom. The Hall–Kier alpha value is -2.60. The highest BCUT2D eigenvalue weighted by molar-refractivity contribution is 5.38. The van der Waals surface area contributed by atoms with Gasteiger partial charge in [0.05, 0.1) is 19.0 Å². The number of nitrogens with zero attached hydrogens (tertiary/aromatic N) is 5. The first-order chi connectivity index (χ1) is 11.7. The van der Waals surface area contributed by atoms with Gasteiger partial charge < -0.3 is 14.2 Å². The minimum atomic E-state index is 0.830. The summed E-state index contributed by atoms with van der Waals surface area (Å²) < 4.78 is 9.21. The van der Waals surface area contributed by atoms with E-state index in [1.165, 1.54) is 5.56 Å². The van der Waals surface area contributed by atoms with E-state index in [4.69, 9.17) is 4.74 Å². The highest BCUT2D eigenvalue weighted by Crippen LogP contribution is 2.16. The third-order valence-corrected chi connectivity index (χ3v) is 4.04. The average Bonchev–Trinajstić information content (AvgIpc) is 3.22. The molecule has 0 atom stereocenters. The van der Waals surface area contributed by atoms with Gasteiger partial charge in [-0.1, -0.05) is 6.07 Å². The van der Waals surface area contributed by atoms with Crippen LogP contribution in [0, 0.1) is 0 Å². The number of rotatable bonds is 7. The van der Waals surface area contributed by atoms with Crippen molar-refractivity contribution in [1.29, 1.82) is 0 Å². The molecule has 0 unspecified atom stereocenters. The Morgan fingerprint density at radius 2 is 2.17 bits per heavy atom. The largest absolute Gasteiger partial charge is 0.497 e. The Morgan fingerprint density at radius 3 is 2.92 bits per heavy atom. The zero-order chi connectivity index (χ0) is 16.9. The van der Waals surface area contributed by atoms with E-state index in [0.717, 1.165) is 36.8 Å². The number of ether oxygens (including phenoxy) is 1. The van der Waals surface area contributed by atoms with Crippen LogP contribution in [0.3, 0.4) is 0 Å². The van der Waals surface area contributed by atoms with Gasteiger partial charge in [-0.15, -0.1) is 0 Å². The first-order valence-corrected chi connectivity index (χ1v) is 7.98. The van der Waals surface area contributed by atoms with Crippen molar-refractivity contribution in [3.05, 3.63) is 60.4 Å². The molecule has 0 saturated carbocycles. The Kier molecular flexibility index (Phi) is 4.96. The molecule has 6 nitrogen and oxygen atoms in total. The molecule has 2 heterocycles. The summed E-state index contributed by atoms with van der Waals surface area (Å²) in [6.45, 7) is 1.81. The SMILES string of the molecule is COc1cccc(-n2cc(CN(C)CCc3nccn3C)cn2)c1. The van der Waals surface area contributed by atoms with E-state index in [1.54, 1.807) is 7.11 Å². The summed E-state index contributed by atoms with van der Waals surface area (Å²) >= 11 is 0. The van der Waals surface area contributed by atoms with E-state index in [0.29, 0.717) is 0 Å². The maximum atomic E-state index is 5.27. The van der Waals surface area contributed by atoms with Crippen LogP contribution < -0.4 is 4.74 Å². The van der Waals surface area contributed by atoms with E-state index >= 15 is 0 Å². The summed E-state index contributed by atoms with van der Waals surface area (Å²) in [5.74, 6) is 1.94. The molecule has 6 heteroatoms. The standard InChI is InChI=1S/C18H23N5O/c1-21(9-7-18-19-8-10-22(18)2)13-15-12-20-23(14-15)16-5-4-6-17(11-16)24-3/h4-6,8,10-12,14H,7,9,13H2,1-3H3. The van der Waals surface area contributed by atoms with Gasteiger partial charge in [0.1, 0.15) is 11.6 Å². The number of hydrogen-bond acceptors (Lipinski definition) is 4. The van der Waals surface area contributed by atoms with E-state index in [2.05, 4.69) is 32.8 Å². The van der Waals surface area contributed by atoms with Gasteiger partial charge in [0, 0.05) is 56.8 Å². The fourth-order valence-electron chi connectivity index (χ4n) is 2.65. The fraction of sp³-hybridized carbons (Fsp3) is 0.333. The number of hydrogen-bond donors (Lipinski definition) is 0. The van der Waals surface area contributed by atoms with Crippen molar-refractivity contribution in [2.75, 3.05) is 20.7 Å². The minimum Gasteiger partial charge on any atom is -0.497 e. The molecule has 0 aliphatic carbocycles. The van der Waals surface area contributed by atoms with E-state index in [1.807, 2.05) is 54.6 Å². The number of methoxy groups -OCH3 is 1. The van der Waals surface area contributed by atoms with Crippen molar-refractivity contribution in [2.24, 2.45) is 7.05 Å². The van der Waals surface area contributed by atoms with Crippen LogP contribution in [-0.2, 0) is 20.0 Å². The summed E-state index contributed by atoms with van der Waals surface area (Å²) in [5, 5.41) is 4.46. The summed E-state index contributed by atoms with van der Waals surface area (Å²) in [4.78, 5) is 6.64. The lowest BCUT2D eigenvalue weighted by atomic mass is 10.3. The molecule has 0 bridgehead atoms. The van der Waals surface area contributed by atoms with Crippen molar-refractivity contribution >= 4 is 0 Å². The van der Waals surface area contributed by atoms with Crippen LogP contribution in [0.2, 0.25) is 0 Å². The third-order valence-electron chi connectivity index (χ3n) is 4.04. The summed E-state index contributed by atoms with van der Waals surface area (Å²) in [7, 11) is 5.82. The second-order valence-electron chi connectivity index (χ2n) is 5.94. The number of aromatic nitrogens is 4. The van der Waals surface area contributed by atoms with Crippen LogP contribution in [0.25, 0.3) is 5.69 Å². The lowest BCUT2D eigenvalue weighted by Crippen LogP contribution is -2.21. The molecule has 0 N–H and O–H groups in total. The molecule has 0 radical (unpaired) electrons. The van der Waals surface area contributed by atoms with Crippen LogP contribution in [0.4, 0.5) is 0 Å². The predicted octanol–water partition coefficient (Wildman–Crippen LogP) is 2.29. The highest BCUT2D eigenvalue weighted by Gasteiger charge is 2.07. The van der Waals surface area contributed by atoms with Gasteiger partial charge >= 0.3 is 0 Å². The average molecular weight is 325 g/mol. The molecule has 3 rings (SSSR count). The van der Waals surface area contributed by atoms with E-state index in [9.17, 15) is 0 Å². The Bertz CT molecular complexity index is 792. The molecule has 1 aromatic carbocycles. The fourth-order valence-corrected chi connectivity index (χ4v) is 2.65. The van der Waals surface area contributed by atoms with Crippen LogP contribution in [0.15, 0.2) is 49.1 Å². The molecule has 3 aromatic rings. The molecule has 0 saturated heterocycles. The zero-order valence-electron chi connectivity index (χ0n) is 14.4. The summed E-state index contributed by atoms with van der Waals surface area (Å²) in [6.07, 6.45) is 8.73. The third kappa shape index (κ3) is 3.83. The van der Waals surface area contributed by atoms with Gasteiger partial charge in [0.2, 0.25) is 0 Å². The second kappa shape index (κ2) is 7.31. The number of imidazole rings is 1. The van der Waals surface area contributed by atoms with Gasteiger partial charge in [0.15, 0.2) is 0 Å². The van der Waals surface area contributed by atoms with Crippen LogP contribution in [-0.4, -0.2) is 44.9 Å². The summed E-state index contributed by atoms with van der Waals surface area (Å²) in [5.41, 5.74) is 2.18. The van der Waals surface area contributed by atoms with Crippen LogP contribution in [0.5, 0.6) is 5.75 Å². The Labute approximate surface area is 142 Å². The molecule has 24 heavy (non-hydrogen) atoms. The molecular formula is C18H23N5O. The molecule has 126 valence electrons. The Balaban J connectivity index is 1.60. The number of benzene rings is 1. The minimum absolute atomic E-state index is 0.830. The van der Waals surface area contributed by atoms with Gasteiger partial charge in [-0.3, -0.25) is 0 Å². The molecule has 2 aromatic heterocycles. The lowest BCUT2D eigenvalue weighted by molar-refractivity contribution is 0.327. The van der Waals surface area contributed by atoms with Crippen LogP contribution >= 0.6 is 0 Å². The monoisotopic (exact) mass is 325 g/mol. The van der Waals surface area contributed by atoms with Crippen molar-refractivity contribution in [2.45, 2.75) is 13.0 Å². The maximum absolute atomic E-state index is 5.27. The normalized spacial score (nSPS) is 11.2. The van der Waals surface area contributed by atoms with Gasteiger partial charge in [-0.2, -0.15) is 5.10 Å². The smallest absolute Gasteiger partial charge is 0.121 e.